The van der Waals surface area contributed by atoms with Gasteiger partial charge in [0.25, 0.3) is 0 Å². The van der Waals surface area contributed by atoms with Gasteiger partial charge in [-0.2, -0.15) is 0 Å². The molecule has 3 aromatic rings. The highest BCUT2D eigenvalue weighted by Gasteiger charge is 2.21. The average Bonchev–Trinajstić information content (AvgIpc) is 3.12. The first kappa shape index (κ1) is 19.2. The van der Waals surface area contributed by atoms with Gasteiger partial charge < -0.3 is 20.5 Å². The largest absolute Gasteiger partial charge is 0.361 e. The molecule has 1 aromatic heterocycles. The molecular formula is C23H26N4O2. The minimum atomic E-state index is -0.332. The van der Waals surface area contributed by atoms with E-state index in [-0.39, 0.29) is 11.8 Å². The van der Waals surface area contributed by atoms with E-state index >= 15 is 0 Å². The number of Topliss-reactive ketones (excluding diaryl/α,β-unsaturated/α-hetero) is 1. The van der Waals surface area contributed by atoms with Gasteiger partial charge in [0.05, 0.1) is 0 Å². The molecule has 2 heterocycles. The Bertz CT molecular complexity index is 1050. The first-order chi connectivity index (χ1) is 14.0. The number of hydrogen-bond acceptors (Lipinski definition) is 3. The summed E-state index contributed by atoms with van der Waals surface area (Å²) in [5.41, 5.74) is 4.31. The van der Waals surface area contributed by atoms with Gasteiger partial charge in [0.15, 0.2) is 5.78 Å². The molecule has 2 aromatic carbocycles. The molecule has 0 spiro atoms. The molecule has 0 radical (unpaired) electrons. The van der Waals surface area contributed by atoms with Gasteiger partial charge in [-0.25, -0.2) is 4.79 Å². The Morgan fingerprint density at radius 2 is 1.76 bits per heavy atom. The summed E-state index contributed by atoms with van der Waals surface area (Å²) >= 11 is 0. The van der Waals surface area contributed by atoms with E-state index in [0.29, 0.717) is 17.2 Å². The quantitative estimate of drug-likeness (QED) is 0.559. The number of carbonyl (C=O) groups is 2. The smallest absolute Gasteiger partial charge is 0.323 e. The number of likely N-dealkylation sites (tertiary alicyclic amines) is 1. The van der Waals surface area contributed by atoms with Crippen molar-refractivity contribution < 1.29 is 9.59 Å². The first-order valence-corrected chi connectivity index (χ1v) is 9.98. The van der Waals surface area contributed by atoms with Gasteiger partial charge in [-0.05, 0) is 81.7 Å². The van der Waals surface area contributed by atoms with Crippen LogP contribution in [-0.2, 0) is 0 Å². The van der Waals surface area contributed by atoms with Crippen molar-refractivity contribution in [1.29, 1.82) is 0 Å². The predicted octanol–water partition coefficient (Wildman–Crippen LogP) is 4.82. The molecule has 2 amide bonds. The number of fused-ring (bicyclic) bond motifs is 1. The minimum absolute atomic E-state index is 0.0339. The maximum absolute atomic E-state index is 12.4. The second-order valence-electron chi connectivity index (χ2n) is 7.80. The fourth-order valence-corrected chi connectivity index (χ4v) is 3.99. The molecule has 0 aliphatic carbocycles. The van der Waals surface area contributed by atoms with E-state index in [0.717, 1.165) is 42.5 Å². The van der Waals surface area contributed by atoms with Gasteiger partial charge in [-0.3, -0.25) is 4.79 Å². The second-order valence-corrected chi connectivity index (χ2v) is 7.80. The van der Waals surface area contributed by atoms with E-state index in [9.17, 15) is 9.59 Å². The summed E-state index contributed by atoms with van der Waals surface area (Å²) in [7, 11) is 2.16. The van der Waals surface area contributed by atoms with Crippen LogP contribution in [0.3, 0.4) is 0 Å². The molecule has 1 aliphatic rings. The van der Waals surface area contributed by atoms with Crippen molar-refractivity contribution in [2.24, 2.45) is 0 Å². The summed E-state index contributed by atoms with van der Waals surface area (Å²) < 4.78 is 0. The minimum Gasteiger partial charge on any atom is -0.361 e. The number of aromatic amines is 1. The molecule has 0 atom stereocenters. The second kappa shape index (κ2) is 8.09. The summed E-state index contributed by atoms with van der Waals surface area (Å²) in [4.78, 5) is 29.7. The Balaban J connectivity index is 1.49. The molecule has 1 aliphatic heterocycles. The Kier molecular flexibility index (Phi) is 5.36. The molecule has 6 nitrogen and oxygen atoms in total. The number of rotatable bonds is 4. The van der Waals surface area contributed by atoms with Crippen LogP contribution < -0.4 is 10.6 Å². The van der Waals surface area contributed by atoms with Gasteiger partial charge >= 0.3 is 6.03 Å². The molecule has 4 rings (SSSR count). The standard InChI is InChI=1S/C23H26N4O2/c1-15(28)17-4-3-5-18(12-17)25-23(29)26-19-6-7-22-20(13-19)21(14-24-22)16-8-10-27(2)11-9-16/h3-7,12-14,16,24H,8-11H2,1-2H3,(H2,25,26,29). The third kappa shape index (κ3) is 4.32. The van der Waals surface area contributed by atoms with Crippen molar-refractivity contribution in [2.45, 2.75) is 25.7 Å². The van der Waals surface area contributed by atoms with E-state index in [1.165, 1.54) is 12.5 Å². The van der Waals surface area contributed by atoms with Crippen molar-refractivity contribution in [3.63, 3.8) is 0 Å². The van der Waals surface area contributed by atoms with E-state index in [2.05, 4.69) is 33.8 Å². The van der Waals surface area contributed by atoms with Crippen molar-refractivity contribution in [3.8, 4) is 0 Å². The third-order valence-electron chi connectivity index (χ3n) is 5.66. The van der Waals surface area contributed by atoms with Crippen LogP contribution in [0, 0.1) is 0 Å². The summed E-state index contributed by atoms with van der Waals surface area (Å²) in [5, 5.41) is 6.86. The maximum Gasteiger partial charge on any atom is 0.323 e. The van der Waals surface area contributed by atoms with Crippen molar-refractivity contribution in [1.82, 2.24) is 9.88 Å². The van der Waals surface area contributed by atoms with Crippen LogP contribution in [0.1, 0.15) is 41.6 Å². The first-order valence-electron chi connectivity index (χ1n) is 9.98. The highest BCUT2D eigenvalue weighted by molar-refractivity contribution is 6.02. The van der Waals surface area contributed by atoms with Crippen LogP contribution in [-0.4, -0.2) is 41.8 Å². The van der Waals surface area contributed by atoms with Gasteiger partial charge in [0, 0.05) is 34.0 Å². The number of urea groups is 1. The number of aromatic nitrogens is 1. The Morgan fingerprint density at radius 1 is 1.03 bits per heavy atom. The molecule has 1 fully saturated rings. The molecule has 0 bridgehead atoms. The monoisotopic (exact) mass is 390 g/mol. The summed E-state index contributed by atoms with van der Waals surface area (Å²) in [6.45, 7) is 3.72. The fraction of sp³-hybridized carbons (Fsp3) is 0.304. The van der Waals surface area contributed by atoms with Crippen molar-refractivity contribution in [2.75, 3.05) is 30.8 Å². The van der Waals surface area contributed by atoms with Crippen LogP contribution in [0.25, 0.3) is 10.9 Å². The highest BCUT2D eigenvalue weighted by atomic mass is 16.2. The SMILES string of the molecule is CC(=O)c1cccc(NC(=O)Nc2ccc3[nH]cc(C4CCN(C)CC4)c3c2)c1. The zero-order chi connectivity index (χ0) is 20.4. The molecule has 6 heteroatoms. The lowest BCUT2D eigenvalue weighted by molar-refractivity contribution is 0.101. The molecule has 0 saturated carbocycles. The Labute approximate surface area is 170 Å². The number of nitrogens with zero attached hydrogens (tertiary/aromatic N) is 1. The number of benzene rings is 2. The molecule has 1 saturated heterocycles. The van der Waals surface area contributed by atoms with Gasteiger partial charge in [0.1, 0.15) is 0 Å². The summed E-state index contributed by atoms with van der Waals surface area (Å²) in [6.07, 6.45) is 4.40. The molecule has 3 N–H and O–H groups in total. The van der Waals surface area contributed by atoms with Crippen LogP contribution in [0.4, 0.5) is 16.2 Å². The van der Waals surface area contributed by atoms with E-state index < -0.39 is 0 Å². The zero-order valence-electron chi connectivity index (χ0n) is 16.8. The van der Waals surface area contributed by atoms with Crippen LogP contribution >= 0.6 is 0 Å². The summed E-state index contributed by atoms with van der Waals surface area (Å²) in [5.74, 6) is 0.506. The number of hydrogen-bond donors (Lipinski definition) is 3. The predicted molar refractivity (Wildman–Crippen MR) is 117 cm³/mol. The average molecular weight is 390 g/mol. The summed E-state index contributed by atoms with van der Waals surface area (Å²) in [6, 6.07) is 12.5. The number of nitrogens with one attached hydrogen (secondary N) is 3. The molecule has 29 heavy (non-hydrogen) atoms. The van der Waals surface area contributed by atoms with Crippen LogP contribution in [0.5, 0.6) is 0 Å². The number of amides is 2. The number of ketones is 1. The van der Waals surface area contributed by atoms with E-state index in [1.807, 2.05) is 18.2 Å². The number of piperidine rings is 1. The molecule has 0 unspecified atom stereocenters. The van der Waals surface area contributed by atoms with Crippen LogP contribution in [0.15, 0.2) is 48.7 Å². The molecular weight excluding hydrogens is 364 g/mol. The highest BCUT2D eigenvalue weighted by Crippen LogP contribution is 2.34. The fourth-order valence-electron chi connectivity index (χ4n) is 3.99. The van der Waals surface area contributed by atoms with Crippen molar-refractivity contribution >= 4 is 34.1 Å². The van der Waals surface area contributed by atoms with Crippen molar-refractivity contribution in [3.05, 3.63) is 59.8 Å². The Morgan fingerprint density at radius 3 is 2.48 bits per heavy atom. The zero-order valence-corrected chi connectivity index (χ0v) is 16.8. The lowest BCUT2D eigenvalue weighted by atomic mass is 9.89. The topological polar surface area (TPSA) is 77.2 Å². The van der Waals surface area contributed by atoms with Gasteiger partial charge in [-0.15, -0.1) is 0 Å². The lowest BCUT2D eigenvalue weighted by Crippen LogP contribution is -2.29. The van der Waals surface area contributed by atoms with Gasteiger partial charge in [-0.1, -0.05) is 12.1 Å². The third-order valence-corrected chi connectivity index (χ3v) is 5.66. The van der Waals surface area contributed by atoms with Crippen LogP contribution in [0.2, 0.25) is 0 Å². The number of H-pyrrole nitrogens is 1. The van der Waals surface area contributed by atoms with E-state index in [1.54, 1.807) is 24.3 Å². The number of carbonyl (C=O) groups excluding carboxylic acids is 2. The van der Waals surface area contributed by atoms with E-state index in [4.69, 9.17) is 0 Å². The normalized spacial score (nSPS) is 15.4. The Hall–Kier alpha value is -3.12. The molecule has 150 valence electrons. The maximum atomic E-state index is 12.4. The number of anilines is 2. The lowest BCUT2D eigenvalue weighted by Gasteiger charge is -2.28. The van der Waals surface area contributed by atoms with Gasteiger partial charge in [0.2, 0.25) is 0 Å².